The third kappa shape index (κ3) is 4.15. The molecule has 0 spiro atoms. The van der Waals surface area contributed by atoms with Gasteiger partial charge >= 0.3 is 5.97 Å². The van der Waals surface area contributed by atoms with Gasteiger partial charge in [-0.25, -0.2) is 4.79 Å². The SMILES string of the molecule is COc1ccc(O[C@@H](Cc2ccc(C)c(Cl)c2)C(=O)O)cc1. The zero-order valence-corrected chi connectivity index (χ0v) is 13.1. The summed E-state index contributed by atoms with van der Waals surface area (Å²) in [6.45, 7) is 1.90. The van der Waals surface area contributed by atoms with E-state index in [9.17, 15) is 9.90 Å². The van der Waals surface area contributed by atoms with Gasteiger partial charge in [0.15, 0.2) is 6.10 Å². The van der Waals surface area contributed by atoms with Crippen molar-refractivity contribution in [3.8, 4) is 11.5 Å². The van der Waals surface area contributed by atoms with Crippen molar-refractivity contribution in [3.05, 3.63) is 58.6 Å². The second-order valence-electron chi connectivity index (χ2n) is 4.91. The van der Waals surface area contributed by atoms with Gasteiger partial charge in [0.25, 0.3) is 0 Å². The molecule has 116 valence electrons. The molecule has 0 amide bonds. The molecule has 0 aliphatic heterocycles. The number of benzene rings is 2. The van der Waals surface area contributed by atoms with Gasteiger partial charge in [0.05, 0.1) is 7.11 Å². The van der Waals surface area contributed by atoms with Crippen LogP contribution in [-0.4, -0.2) is 24.3 Å². The van der Waals surface area contributed by atoms with E-state index in [2.05, 4.69) is 0 Å². The van der Waals surface area contributed by atoms with Crippen molar-refractivity contribution in [1.82, 2.24) is 0 Å². The van der Waals surface area contributed by atoms with Crippen LogP contribution in [0.3, 0.4) is 0 Å². The second kappa shape index (κ2) is 7.18. The highest BCUT2D eigenvalue weighted by Gasteiger charge is 2.20. The molecule has 0 aromatic heterocycles. The molecule has 22 heavy (non-hydrogen) atoms. The fraction of sp³-hybridized carbons (Fsp3) is 0.235. The van der Waals surface area contributed by atoms with Crippen molar-refractivity contribution in [1.29, 1.82) is 0 Å². The van der Waals surface area contributed by atoms with E-state index < -0.39 is 12.1 Å². The number of carboxylic acid groups (broad SMARTS) is 1. The van der Waals surface area contributed by atoms with Crippen molar-refractivity contribution in [2.75, 3.05) is 7.11 Å². The Kier molecular flexibility index (Phi) is 5.28. The largest absolute Gasteiger partial charge is 0.497 e. The van der Waals surface area contributed by atoms with Crippen LogP contribution in [0, 0.1) is 6.92 Å². The number of hydrogen-bond acceptors (Lipinski definition) is 3. The molecule has 0 aliphatic rings. The van der Waals surface area contributed by atoms with Crippen molar-refractivity contribution < 1.29 is 19.4 Å². The third-order valence-corrected chi connectivity index (χ3v) is 3.68. The number of rotatable bonds is 6. The zero-order valence-electron chi connectivity index (χ0n) is 12.4. The first kappa shape index (κ1) is 16.2. The van der Waals surface area contributed by atoms with Crippen LogP contribution in [-0.2, 0) is 11.2 Å². The zero-order chi connectivity index (χ0) is 16.1. The van der Waals surface area contributed by atoms with Gasteiger partial charge in [-0.1, -0.05) is 23.7 Å². The Morgan fingerprint density at radius 3 is 2.36 bits per heavy atom. The molecule has 4 nitrogen and oxygen atoms in total. The number of halogens is 1. The van der Waals surface area contributed by atoms with E-state index in [0.717, 1.165) is 11.1 Å². The lowest BCUT2D eigenvalue weighted by Gasteiger charge is -2.16. The summed E-state index contributed by atoms with van der Waals surface area (Å²) in [5.74, 6) is 0.142. The first-order valence-corrected chi connectivity index (χ1v) is 7.16. The lowest BCUT2D eigenvalue weighted by Crippen LogP contribution is -2.29. The summed E-state index contributed by atoms with van der Waals surface area (Å²) in [5, 5.41) is 9.95. The smallest absolute Gasteiger partial charge is 0.345 e. The van der Waals surface area contributed by atoms with Gasteiger partial charge in [0, 0.05) is 11.4 Å². The highest BCUT2D eigenvalue weighted by molar-refractivity contribution is 6.31. The highest BCUT2D eigenvalue weighted by atomic mass is 35.5. The maximum atomic E-state index is 11.4. The molecule has 2 aromatic rings. The molecule has 0 saturated carbocycles. The van der Waals surface area contributed by atoms with E-state index in [1.165, 1.54) is 0 Å². The monoisotopic (exact) mass is 320 g/mol. The molecule has 2 rings (SSSR count). The van der Waals surface area contributed by atoms with Crippen LogP contribution in [0.4, 0.5) is 0 Å². The summed E-state index contributed by atoms with van der Waals surface area (Å²) in [7, 11) is 1.57. The van der Waals surface area contributed by atoms with E-state index in [1.54, 1.807) is 37.4 Å². The number of carbonyl (C=O) groups is 1. The van der Waals surface area contributed by atoms with Gasteiger partial charge < -0.3 is 14.6 Å². The van der Waals surface area contributed by atoms with Gasteiger partial charge in [-0.15, -0.1) is 0 Å². The molecule has 1 N–H and O–H groups in total. The summed E-state index contributed by atoms with van der Waals surface area (Å²) < 4.78 is 10.6. The number of ether oxygens (including phenoxy) is 2. The predicted octanol–water partition coefficient (Wildman–Crippen LogP) is 3.73. The number of methoxy groups -OCH3 is 1. The molecule has 0 radical (unpaired) electrons. The molecule has 0 saturated heterocycles. The van der Waals surface area contributed by atoms with Crippen LogP contribution in [0.25, 0.3) is 0 Å². The molecule has 2 aromatic carbocycles. The van der Waals surface area contributed by atoms with Crippen LogP contribution in [0.5, 0.6) is 11.5 Å². The Morgan fingerprint density at radius 2 is 1.82 bits per heavy atom. The minimum Gasteiger partial charge on any atom is -0.497 e. The van der Waals surface area contributed by atoms with E-state index >= 15 is 0 Å². The topological polar surface area (TPSA) is 55.8 Å². The van der Waals surface area contributed by atoms with Gasteiger partial charge in [0.1, 0.15) is 11.5 Å². The lowest BCUT2D eigenvalue weighted by molar-refractivity contribution is -0.145. The average Bonchev–Trinajstić information content (AvgIpc) is 2.51. The molecule has 0 bridgehead atoms. The third-order valence-electron chi connectivity index (χ3n) is 3.27. The lowest BCUT2D eigenvalue weighted by atomic mass is 10.1. The Bertz CT molecular complexity index is 652. The summed E-state index contributed by atoms with van der Waals surface area (Å²) >= 11 is 6.07. The maximum absolute atomic E-state index is 11.4. The van der Waals surface area contributed by atoms with Gasteiger partial charge in [-0.2, -0.15) is 0 Å². The normalized spacial score (nSPS) is 11.8. The Hall–Kier alpha value is -2.20. The van der Waals surface area contributed by atoms with Gasteiger partial charge in [-0.3, -0.25) is 0 Å². The van der Waals surface area contributed by atoms with Crippen molar-refractivity contribution in [2.24, 2.45) is 0 Å². The average molecular weight is 321 g/mol. The van der Waals surface area contributed by atoms with Gasteiger partial charge in [0.2, 0.25) is 0 Å². The second-order valence-corrected chi connectivity index (χ2v) is 5.32. The fourth-order valence-corrected chi connectivity index (χ4v) is 2.18. The predicted molar refractivity (Wildman–Crippen MR) is 84.9 cm³/mol. The molecule has 0 aliphatic carbocycles. The molecular formula is C17H17ClO4. The van der Waals surface area contributed by atoms with Gasteiger partial charge in [-0.05, 0) is 48.4 Å². The van der Waals surface area contributed by atoms with E-state index in [4.69, 9.17) is 21.1 Å². The number of hydrogen-bond donors (Lipinski definition) is 1. The van der Waals surface area contributed by atoms with Crippen LogP contribution in [0.1, 0.15) is 11.1 Å². The minimum absolute atomic E-state index is 0.237. The van der Waals surface area contributed by atoms with Crippen molar-refractivity contribution in [2.45, 2.75) is 19.4 Å². The standard InChI is InChI=1S/C17H17ClO4/c1-11-3-4-12(9-15(11)18)10-16(17(19)20)22-14-7-5-13(21-2)6-8-14/h3-9,16H,10H2,1-2H3,(H,19,20)/t16-/m0/s1. The van der Waals surface area contributed by atoms with Crippen LogP contribution in [0.15, 0.2) is 42.5 Å². The molecule has 0 unspecified atom stereocenters. The van der Waals surface area contributed by atoms with E-state index in [-0.39, 0.29) is 6.42 Å². The summed E-state index contributed by atoms with van der Waals surface area (Å²) in [6, 6.07) is 12.3. The Morgan fingerprint density at radius 1 is 1.18 bits per heavy atom. The Labute approximate surface area is 134 Å². The molecule has 5 heteroatoms. The van der Waals surface area contributed by atoms with Crippen LogP contribution in [0.2, 0.25) is 5.02 Å². The van der Waals surface area contributed by atoms with E-state index in [0.29, 0.717) is 16.5 Å². The summed E-state index contributed by atoms with van der Waals surface area (Å²) in [4.78, 5) is 11.4. The van der Waals surface area contributed by atoms with Crippen LogP contribution >= 0.6 is 11.6 Å². The first-order valence-electron chi connectivity index (χ1n) is 6.78. The van der Waals surface area contributed by atoms with Crippen molar-refractivity contribution in [3.63, 3.8) is 0 Å². The minimum atomic E-state index is -1.02. The van der Waals surface area contributed by atoms with Crippen LogP contribution < -0.4 is 9.47 Å². The van der Waals surface area contributed by atoms with E-state index in [1.807, 2.05) is 19.1 Å². The molecule has 0 heterocycles. The molecule has 0 fully saturated rings. The quantitative estimate of drug-likeness (QED) is 0.881. The summed E-state index contributed by atoms with van der Waals surface area (Å²) in [6.07, 6.45) is -0.742. The van der Waals surface area contributed by atoms with Crippen molar-refractivity contribution >= 4 is 17.6 Å². The Balaban J connectivity index is 2.12. The molecule has 1 atom stereocenters. The first-order chi connectivity index (χ1) is 10.5. The summed E-state index contributed by atoms with van der Waals surface area (Å²) in [5.41, 5.74) is 1.77. The fourth-order valence-electron chi connectivity index (χ4n) is 1.98. The maximum Gasteiger partial charge on any atom is 0.345 e. The number of carboxylic acids is 1. The molecular weight excluding hydrogens is 304 g/mol. The highest BCUT2D eigenvalue weighted by Crippen LogP contribution is 2.21. The number of aryl methyl sites for hydroxylation is 1. The number of aliphatic carboxylic acids is 1.